The number of halogens is 2. The summed E-state index contributed by atoms with van der Waals surface area (Å²) < 4.78 is 10.9. The molecule has 8 heteroatoms. The molecule has 2 amide bonds. The van der Waals surface area contributed by atoms with Gasteiger partial charge in [0.1, 0.15) is 16.0 Å². The Bertz CT molecular complexity index is 757. The number of carbonyl (C=O) groups excluding carboxylic acids is 2. The van der Waals surface area contributed by atoms with Gasteiger partial charge in [0.2, 0.25) is 0 Å². The number of methoxy groups -OCH3 is 2. The van der Waals surface area contributed by atoms with Gasteiger partial charge in [-0.2, -0.15) is 0 Å². The van der Waals surface area contributed by atoms with E-state index in [1.165, 1.54) is 32.4 Å². The number of amides is 2. The highest BCUT2D eigenvalue weighted by Gasteiger charge is 2.15. The number of ether oxygens (including phenoxy) is 2. The molecule has 0 radical (unpaired) electrons. The molecule has 2 aromatic carbocycles. The van der Waals surface area contributed by atoms with Gasteiger partial charge < -0.3 is 9.47 Å². The molecule has 0 heterocycles. The molecule has 0 aromatic heterocycles. The van der Waals surface area contributed by atoms with E-state index in [-0.39, 0.29) is 5.56 Å². The standard InChI is InChI=1S/C16H14BrClN2O4/c1-23-12-7-10(8-13(24-2)14(12)17)16(22)20-19-15(21)9-4-3-5-11(18)6-9/h3-8H,1-2H3,(H,19,21)(H,20,22). The van der Waals surface area contributed by atoms with E-state index in [2.05, 4.69) is 26.8 Å². The summed E-state index contributed by atoms with van der Waals surface area (Å²) in [5.74, 6) is -0.141. The zero-order valence-electron chi connectivity index (χ0n) is 12.9. The number of rotatable bonds is 4. The van der Waals surface area contributed by atoms with Crippen molar-refractivity contribution in [2.75, 3.05) is 14.2 Å². The number of hydrogen-bond acceptors (Lipinski definition) is 4. The SMILES string of the molecule is COc1cc(C(=O)NNC(=O)c2cccc(Cl)c2)cc(OC)c1Br. The molecule has 0 saturated heterocycles. The van der Waals surface area contributed by atoms with Gasteiger partial charge in [0.15, 0.2) is 0 Å². The molecule has 126 valence electrons. The molecule has 0 unspecified atom stereocenters. The molecule has 24 heavy (non-hydrogen) atoms. The van der Waals surface area contributed by atoms with Crippen molar-refractivity contribution in [3.63, 3.8) is 0 Å². The molecule has 0 fully saturated rings. The van der Waals surface area contributed by atoms with Crippen LogP contribution in [0.25, 0.3) is 0 Å². The molecule has 2 N–H and O–H groups in total. The molecule has 0 atom stereocenters. The molecule has 0 aliphatic carbocycles. The summed E-state index contributed by atoms with van der Waals surface area (Å²) in [4.78, 5) is 24.2. The van der Waals surface area contributed by atoms with Crippen LogP contribution in [-0.4, -0.2) is 26.0 Å². The minimum Gasteiger partial charge on any atom is -0.495 e. The van der Waals surface area contributed by atoms with Crippen molar-refractivity contribution in [2.45, 2.75) is 0 Å². The van der Waals surface area contributed by atoms with Gasteiger partial charge in [0.25, 0.3) is 11.8 Å². The topological polar surface area (TPSA) is 76.7 Å². The van der Waals surface area contributed by atoms with Crippen LogP contribution in [0.1, 0.15) is 20.7 Å². The third-order valence-corrected chi connectivity index (χ3v) is 4.10. The lowest BCUT2D eigenvalue weighted by molar-refractivity contribution is 0.0846. The van der Waals surface area contributed by atoms with Gasteiger partial charge >= 0.3 is 0 Å². The minimum atomic E-state index is -0.519. The Kier molecular flexibility index (Phi) is 6.05. The maximum absolute atomic E-state index is 12.2. The highest BCUT2D eigenvalue weighted by Crippen LogP contribution is 2.35. The van der Waals surface area contributed by atoms with E-state index >= 15 is 0 Å². The van der Waals surface area contributed by atoms with E-state index in [1.807, 2.05) is 0 Å². The van der Waals surface area contributed by atoms with Gasteiger partial charge in [-0.05, 0) is 46.3 Å². The predicted octanol–water partition coefficient (Wildman–Crippen LogP) is 3.19. The van der Waals surface area contributed by atoms with Gasteiger partial charge in [-0.1, -0.05) is 17.7 Å². The first-order chi connectivity index (χ1) is 11.5. The normalized spacial score (nSPS) is 10.0. The van der Waals surface area contributed by atoms with Gasteiger partial charge in [-0.15, -0.1) is 0 Å². The average Bonchev–Trinajstić information content (AvgIpc) is 2.59. The number of benzene rings is 2. The second kappa shape index (κ2) is 8.03. The van der Waals surface area contributed by atoms with Gasteiger partial charge in [-0.25, -0.2) is 0 Å². The molecule has 2 rings (SSSR count). The minimum absolute atomic E-state index is 0.262. The van der Waals surface area contributed by atoms with Crippen molar-refractivity contribution in [3.8, 4) is 11.5 Å². The van der Waals surface area contributed by atoms with E-state index in [4.69, 9.17) is 21.1 Å². The Balaban J connectivity index is 2.11. The molecule has 0 aliphatic rings. The number of nitrogens with one attached hydrogen (secondary N) is 2. The molecular weight excluding hydrogens is 400 g/mol. The van der Waals surface area contributed by atoms with Crippen molar-refractivity contribution in [2.24, 2.45) is 0 Å². The summed E-state index contributed by atoms with van der Waals surface area (Å²) in [7, 11) is 2.95. The van der Waals surface area contributed by atoms with Crippen molar-refractivity contribution < 1.29 is 19.1 Å². The van der Waals surface area contributed by atoms with E-state index in [0.29, 0.717) is 26.6 Å². The predicted molar refractivity (Wildman–Crippen MR) is 93.6 cm³/mol. The summed E-state index contributed by atoms with van der Waals surface area (Å²) in [6.45, 7) is 0. The van der Waals surface area contributed by atoms with E-state index < -0.39 is 11.8 Å². The Morgan fingerprint density at radius 1 is 0.958 bits per heavy atom. The summed E-state index contributed by atoms with van der Waals surface area (Å²) in [6.07, 6.45) is 0. The van der Waals surface area contributed by atoms with Gasteiger partial charge in [0, 0.05) is 16.1 Å². The van der Waals surface area contributed by atoms with Crippen LogP contribution >= 0.6 is 27.5 Å². The molecule has 0 saturated carbocycles. The highest BCUT2D eigenvalue weighted by atomic mass is 79.9. The van der Waals surface area contributed by atoms with Gasteiger partial charge in [0.05, 0.1) is 14.2 Å². The maximum atomic E-state index is 12.2. The Morgan fingerprint density at radius 2 is 1.50 bits per heavy atom. The van der Waals surface area contributed by atoms with Crippen molar-refractivity contribution >= 4 is 39.3 Å². The fourth-order valence-electron chi connectivity index (χ4n) is 1.89. The first-order valence-corrected chi connectivity index (χ1v) is 7.91. The summed E-state index contributed by atoms with van der Waals surface area (Å²) in [6, 6.07) is 9.41. The number of hydrogen-bond donors (Lipinski definition) is 2. The molecule has 0 bridgehead atoms. The van der Waals surface area contributed by atoms with Crippen molar-refractivity contribution in [1.82, 2.24) is 10.9 Å². The average molecular weight is 414 g/mol. The second-order valence-electron chi connectivity index (χ2n) is 4.61. The zero-order valence-corrected chi connectivity index (χ0v) is 15.2. The fraction of sp³-hybridized carbons (Fsp3) is 0.125. The van der Waals surface area contributed by atoms with Crippen LogP contribution in [-0.2, 0) is 0 Å². The zero-order chi connectivity index (χ0) is 17.7. The smallest absolute Gasteiger partial charge is 0.269 e. The Labute approximate surface area is 152 Å². The highest BCUT2D eigenvalue weighted by molar-refractivity contribution is 9.10. The van der Waals surface area contributed by atoms with Crippen LogP contribution in [0.2, 0.25) is 5.02 Å². The van der Waals surface area contributed by atoms with Gasteiger partial charge in [-0.3, -0.25) is 20.4 Å². The van der Waals surface area contributed by atoms with Crippen LogP contribution < -0.4 is 20.3 Å². The third kappa shape index (κ3) is 4.18. The fourth-order valence-corrected chi connectivity index (χ4v) is 2.63. The lowest BCUT2D eigenvalue weighted by Gasteiger charge is -2.12. The Morgan fingerprint density at radius 3 is 2.00 bits per heavy atom. The van der Waals surface area contributed by atoms with Crippen molar-refractivity contribution in [3.05, 3.63) is 57.0 Å². The van der Waals surface area contributed by atoms with Crippen LogP contribution in [0, 0.1) is 0 Å². The molecule has 2 aromatic rings. The lowest BCUT2D eigenvalue weighted by Crippen LogP contribution is -2.41. The molecule has 6 nitrogen and oxygen atoms in total. The van der Waals surface area contributed by atoms with Crippen LogP contribution in [0.15, 0.2) is 40.9 Å². The Hall–Kier alpha value is -2.25. The number of carbonyl (C=O) groups is 2. The maximum Gasteiger partial charge on any atom is 0.269 e. The first-order valence-electron chi connectivity index (χ1n) is 6.74. The summed E-state index contributed by atoms with van der Waals surface area (Å²) in [5.41, 5.74) is 5.24. The molecule has 0 spiro atoms. The third-order valence-electron chi connectivity index (χ3n) is 3.08. The van der Waals surface area contributed by atoms with E-state index in [9.17, 15) is 9.59 Å². The van der Waals surface area contributed by atoms with E-state index in [0.717, 1.165) is 0 Å². The quantitative estimate of drug-likeness (QED) is 0.755. The number of hydrazine groups is 1. The molecular formula is C16H14BrClN2O4. The first kappa shape index (κ1) is 18.1. The van der Waals surface area contributed by atoms with Crippen LogP contribution in [0.4, 0.5) is 0 Å². The second-order valence-corrected chi connectivity index (χ2v) is 5.84. The summed E-state index contributed by atoms with van der Waals surface area (Å²) >= 11 is 9.15. The summed E-state index contributed by atoms with van der Waals surface area (Å²) in [5, 5.41) is 0.427. The van der Waals surface area contributed by atoms with Crippen molar-refractivity contribution in [1.29, 1.82) is 0 Å². The largest absolute Gasteiger partial charge is 0.495 e. The molecule has 0 aliphatic heterocycles. The monoisotopic (exact) mass is 412 g/mol. The lowest BCUT2D eigenvalue weighted by atomic mass is 10.2. The van der Waals surface area contributed by atoms with Crippen LogP contribution in [0.3, 0.4) is 0 Å². The van der Waals surface area contributed by atoms with E-state index in [1.54, 1.807) is 18.2 Å². The van der Waals surface area contributed by atoms with Crippen LogP contribution in [0.5, 0.6) is 11.5 Å².